The van der Waals surface area contributed by atoms with Gasteiger partial charge in [0.05, 0.1) is 5.56 Å². The Kier molecular flexibility index (Phi) is 4.12. The number of phenolic OH excluding ortho intramolecular Hbond substituents is 1. The molecule has 0 unspecified atom stereocenters. The average Bonchev–Trinajstić information content (AvgIpc) is 2.25. The molecular formula is C11H16N2O2. The van der Waals surface area contributed by atoms with Crippen molar-refractivity contribution in [1.82, 2.24) is 4.90 Å². The molecule has 1 aromatic carbocycles. The second-order valence-electron chi connectivity index (χ2n) is 3.39. The van der Waals surface area contributed by atoms with Crippen molar-refractivity contribution >= 4 is 5.91 Å². The smallest absolute Gasteiger partial charge is 0.257 e. The van der Waals surface area contributed by atoms with E-state index in [0.29, 0.717) is 18.7 Å². The average molecular weight is 208 g/mol. The highest BCUT2D eigenvalue weighted by molar-refractivity contribution is 5.96. The molecule has 0 aliphatic carbocycles. The number of phenols is 1. The van der Waals surface area contributed by atoms with Crippen molar-refractivity contribution in [3.8, 4) is 5.75 Å². The number of amides is 1. The van der Waals surface area contributed by atoms with Gasteiger partial charge in [0.15, 0.2) is 0 Å². The van der Waals surface area contributed by atoms with Crippen LogP contribution >= 0.6 is 0 Å². The van der Waals surface area contributed by atoms with Crippen molar-refractivity contribution in [2.45, 2.75) is 6.42 Å². The van der Waals surface area contributed by atoms with E-state index in [2.05, 4.69) is 0 Å². The highest BCUT2D eigenvalue weighted by atomic mass is 16.3. The second-order valence-corrected chi connectivity index (χ2v) is 3.39. The van der Waals surface area contributed by atoms with Crippen LogP contribution in [-0.4, -0.2) is 36.1 Å². The summed E-state index contributed by atoms with van der Waals surface area (Å²) in [5.41, 5.74) is 5.69. The Bertz CT molecular complexity index is 339. The topological polar surface area (TPSA) is 66.6 Å². The SMILES string of the molecule is CN(CCCN)C(=O)c1ccccc1O. The predicted octanol–water partition coefficient (Wildman–Crippen LogP) is 0.813. The Hall–Kier alpha value is -1.55. The van der Waals surface area contributed by atoms with Gasteiger partial charge in [-0.1, -0.05) is 12.1 Å². The maximum Gasteiger partial charge on any atom is 0.257 e. The maximum atomic E-state index is 11.8. The molecular weight excluding hydrogens is 192 g/mol. The first-order chi connectivity index (χ1) is 7.16. The summed E-state index contributed by atoms with van der Waals surface area (Å²) in [4.78, 5) is 13.4. The van der Waals surface area contributed by atoms with E-state index in [1.807, 2.05) is 0 Å². The molecule has 0 bridgehead atoms. The number of carbonyl (C=O) groups is 1. The van der Waals surface area contributed by atoms with Crippen molar-refractivity contribution < 1.29 is 9.90 Å². The van der Waals surface area contributed by atoms with Crippen LogP contribution < -0.4 is 5.73 Å². The van der Waals surface area contributed by atoms with Crippen LogP contribution in [0.1, 0.15) is 16.8 Å². The van der Waals surface area contributed by atoms with Crippen molar-refractivity contribution in [2.24, 2.45) is 5.73 Å². The van der Waals surface area contributed by atoms with Gasteiger partial charge in [0.25, 0.3) is 5.91 Å². The molecule has 0 aliphatic heterocycles. The van der Waals surface area contributed by atoms with E-state index in [1.54, 1.807) is 30.1 Å². The number of aromatic hydroxyl groups is 1. The lowest BCUT2D eigenvalue weighted by atomic mass is 10.2. The van der Waals surface area contributed by atoms with Crippen LogP contribution in [0.5, 0.6) is 5.75 Å². The van der Waals surface area contributed by atoms with Gasteiger partial charge in [-0.05, 0) is 25.1 Å². The van der Waals surface area contributed by atoms with E-state index in [4.69, 9.17) is 5.73 Å². The summed E-state index contributed by atoms with van der Waals surface area (Å²) < 4.78 is 0. The highest BCUT2D eigenvalue weighted by Gasteiger charge is 2.14. The molecule has 0 fully saturated rings. The minimum atomic E-state index is -0.179. The number of rotatable bonds is 4. The molecule has 4 nitrogen and oxygen atoms in total. The Morgan fingerprint density at radius 3 is 2.73 bits per heavy atom. The predicted molar refractivity (Wildman–Crippen MR) is 58.7 cm³/mol. The van der Waals surface area contributed by atoms with Crippen LogP contribution in [0.25, 0.3) is 0 Å². The molecule has 0 aliphatic rings. The molecule has 1 aromatic rings. The zero-order valence-corrected chi connectivity index (χ0v) is 8.81. The third kappa shape index (κ3) is 2.95. The number of hydrogen-bond donors (Lipinski definition) is 2. The van der Waals surface area contributed by atoms with Crippen LogP contribution in [0, 0.1) is 0 Å². The van der Waals surface area contributed by atoms with E-state index in [-0.39, 0.29) is 11.7 Å². The fraction of sp³-hybridized carbons (Fsp3) is 0.364. The molecule has 4 heteroatoms. The summed E-state index contributed by atoms with van der Waals surface area (Å²) in [6, 6.07) is 6.52. The first kappa shape index (κ1) is 11.5. The monoisotopic (exact) mass is 208 g/mol. The third-order valence-electron chi connectivity index (χ3n) is 2.18. The Labute approximate surface area is 89.3 Å². The molecule has 82 valence electrons. The molecule has 0 spiro atoms. The van der Waals surface area contributed by atoms with Gasteiger partial charge in [0.2, 0.25) is 0 Å². The minimum Gasteiger partial charge on any atom is -0.507 e. The first-order valence-electron chi connectivity index (χ1n) is 4.90. The van der Waals surface area contributed by atoms with Crippen molar-refractivity contribution in [1.29, 1.82) is 0 Å². The van der Waals surface area contributed by atoms with E-state index in [1.165, 1.54) is 6.07 Å². The lowest BCUT2D eigenvalue weighted by Gasteiger charge is -2.17. The molecule has 0 saturated carbocycles. The fourth-order valence-corrected chi connectivity index (χ4v) is 1.29. The van der Waals surface area contributed by atoms with Gasteiger partial charge in [0, 0.05) is 13.6 Å². The largest absolute Gasteiger partial charge is 0.507 e. The first-order valence-corrected chi connectivity index (χ1v) is 4.90. The third-order valence-corrected chi connectivity index (χ3v) is 2.18. The van der Waals surface area contributed by atoms with Crippen LogP contribution in [0.3, 0.4) is 0 Å². The Morgan fingerprint density at radius 1 is 1.47 bits per heavy atom. The molecule has 0 saturated heterocycles. The summed E-state index contributed by atoms with van der Waals surface area (Å²) in [6.07, 6.45) is 0.760. The highest BCUT2D eigenvalue weighted by Crippen LogP contribution is 2.17. The zero-order chi connectivity index (χ0) is 11.3. The summed E-state index contributed by atoms with van der Waals surface area (Å²) in [5.74, 6) is -0.163. The number of para-hydroxylation sites is 1. The molecule has 0 heterocycles. The quantitative estimate of drug-likeness (QED) is 0.769. The molecule has 3 N–H and O–H groups in total. The summed E-state index contributed by atoms with van der Waals surface area (Å²) in [6.45, 7) is 1.15. The van der Waals surface area contributed by atoms with Gasteiger partial charge in [-0.15, -0.1) is 0 Å². The van der Waals surface area contributed by atoms with E-state index in [0.717, 1.165) is 6.42 Å². The number of benzene rings is 1. The van der Waals surface area contributed by atoms with Gasteiger partial charge >= 0.3 is 0 Å². The van der Waals surface area contributed by atoms with E-state index >= 15 is 0 Å². The lowest BCUT2D eigenvalue weighted by Crippen LogP contribution is -2.28. The van der Waals surface area contributed by atoms with Gasteiger partial charge in [-0.3, -0.25) is 4.79 Å². The maximum absolute atomic E-state index is 11.8. The van der Waals surface area contributed by atoms with Crippen molar-refractivity contribution in [2.75, 3.05) is 20.1 Å². The van der Waals surface area contributed by atoms with Crippen LogP contribution in [0.15, 0.2) is 24.3 Å². The number of nitrogens with two attached hydrogens (primary N) is 1. The Balaban J connectivity index is 2.72. The van der Waals surface area contributed by atoms with Crippen LogP contribution in [-0.2, 0) is 0 Å². The molecule has 15 heavy (non-hydrogen) atoms. The molecule has 0 radical (unpaired) electrons. The van der Waals surface area contributed by atoms with Crippen molar-refractivity contribution in [3.05, 3.63) is 29.8 Å². The van der Waals surface area contributed by atoms with Crippen molar-refractivity contribution in [3.63, 3.8) is 0 Å². The zero-order valence-electron chi connectivity index (χ0n) is 8.81. The standard InChI is InChI=1S/C11H16N2O2/c1-13(8-4-7-12)11(15)9-5-2-3-6-10(9)14/h2-3,5-6,14H,4,7-8,12H2,1H3. The molecule has 0 atom stereocenters. The molecule has 1 rings (SSSR count). The fourth-order valence-electron chi connectivity index (χ4n) is 1.29. The van der Waals surface area contributed by atoms with Gasteiger partial charge < -0.3 is 15.7 Å². The Morgan fingerprint density at radius 2 is 2.13 bits per heavy atom. The van der Waals surface area contributed by atoms with Gasteiger partial charge in [-0.2, -0.15) is 0 Å². The van der Waals surface area contributed by atoms with E-state index in [9.17, 15) is 9.90 Å². The molecule has 1 amide bonds. The number of hydrogen-bond acceptors (Lipinski definition) is 3. The lowest BCUT2D eigenvalue weighted by molar-refractivity contribution is 0.0791. The van der Waals surface area contributed by atoms with E-state index < -0.39 is 0 Å². The van der Waals surface area contributed by atoms with Gasteiger partial charge in [-0.25, -0.2) is 0 Å². The summed E-state index contributed by atoms with van der Waals surface area (Å²) in [7, 11) is 1.70. The summed E-state index contributed by atoms with van der Waals surface area (Å²) in [5, 5.41) is 9.48. The number of carbonyl (C=O) groups excluding carboxylic acids is 1. The normalized spacial score (nSPS) is 10.0. The molecule has 0 aromatic heterocycles. The van der Waals surface area contributed by atoms with Gasteiger partial charge in [0.1, 0.15) is 5.75 Å². The van der Waals surface area contributed by atoms with Crippen LogP contribution in [0.4, 0.5) is 0 Å². The summed E-state index contributed by atoms with van der Waals surface area (Å²) >= 11 is 0. The second kappa shape index (κ2) is 5.36. The van der Waals surface area contributed by atoms with Crippen LogP contribution in [0.2, 0.25) is 0 Å². The minimum absolute atomic E-state index is 0.0158. The number of nitrogens with zero attached hydrogens (tertiary/aromatic N) is 1.